The van der Waals surface area contributed by atoms with E-state index in [4.69, 9.17) is 0 Å². The molecule has 0 unspecified atom stereocenters. The van der Waals surface area contributed by atoms with E-state index in [1.807, 2.05) is 23.9 Å². The lowest BCUT2D eigenvalue weighted by Gasteiger charge is -2.33. The number of nitrogens with zero attached hydrogens (tertiary/aromatic N) is 4. The van der Waals surface area contributed by atoms with Crippen molar-refractivity contribution in [2.75, 3.05) is 51.7 Å². The van der Waals surface area contributed by atoms with Crippen LogP contribution in [0.4, 0.5) is 5.69 Å². The van der Waals surface area contributed by atoms with Crippen molar-refractivity contribution in [3.05, 3.63) is 29.3 Å². The second-order valence-electron chi connectivity index (χ2n) is 10.4. The van der Waals surface area contributed by atoms with Crippen molar-refractivity contribution in [1.29, 1.82) is 0 Å². The Balaban J connectivity index is 1.99. The minimum atomic E-state index is 0.129. The summed E-state index contributed by atoms with van der Waals surface area (Å²) in [7, 11) is 3.88. The molecule has 0 saturated heterocycles. The first kappa shape index (κ1) is 25.7. The third-order valence-electron chi connectivity index (χ3n) is 7.19. The molecule has 3 rings (SSSR count). The summed E-state index contributed by atoms with van der Waals surface area (Å²) >= 11 is 0. The summed E-state index contributed by atoms with van der Waals surface area (Å²) in [6.07, 6.45) is 6.49. The van der Waals surface area contributed by atoms with Gasteiger partial charge < -0.3 is 14.7 Å². The fourth-order valence-electron chi connectivity index (χ4n) is 5.31. The van der Waals surface area contributed by atoms with Crippen molar-refractivity contribution < 1.29 is 9.59 Å². The van der Waals surface area contributed by atoms with Gasteiger partial charge in [0.25, 0.3) is 0 Å². The summed E-state index contributed by atoms with van der Waals surface area (Å²) in [5.41, 5.74) is 3.25. The number of likely N-dealkylation sites (N-methyl/N-ethyl adjacent to an activating group) is 1. The van der Waals surface area contributed by atoms with E-state index in [1.54, 1.807) is 0 Å². The molecular formula is C27H44N4O2. The summed E-state index contributed by atoms with van der Waals surface area (Å²) in [5, 5.41) is 0. The minimum Gasteiger partial charge on any atom is -0.336 e. The van der Waals surface area contributed by atoms with Crippen molar-refractivity contribution in [2.24, 2.45) is 5.92 Å². The fourth-order valence-corrected chi connectivity index (χ4v) is 5.31. The van der Waals surface area contributed by atoms with Crippen LogP contribution in [0.5, 0.6) is 0 Å². The predicted octanol–water partition coefficient (Wildman–Crippen LogP) is 3.91. The molecule has 2 amide bonds. The molecule has 0 bridgehead atoms. The van der Waals surface area contributed by atoms with Gasteiger partial charge in [-0.3, -0.25) is 14.5 Å². The van der Waals surface area contributed by atoms with E-state index >= 15 is 0 Å². The molecule has 0 N–H and O–H groups in total. The molecule has 1 aliphatic heterocycles. The summed E-state index contributed by atoms with van der Waals surface area (Å²) in [6, 6.07) is 6.68. The Hall–Kier alpha value is -1.92. The summed E-state index contributed by atoms with van der Waals surface area (Å²) in [6.45, 7) is 10.7. The van der Waals surface area contributed by atoms with Crippen LogP contribution in [0.25, 0.3) is 0 Å². The number of hydrogen-bond acceptors (Lipinski definition) is 4. The molecule has 1 aliphatic carbocycles. The van der Waals surface area contributed by atoms with Crippen LogP contribution in [0.3, 0.4) is 0 Å². The van der Waals surface area contributed by atoms with Gasteiger partial charge in [0.2, 0.25) is 11.8 Å². The highest BCUT2D eigenvalue weighted by molar-refractivity contribution is 5.96. The number of carbonyl (C=O) groups is 2. The molecule has 33 heavy (non-hydrogen) atoms. The molecule has 0 radical (unpaired) electrons. The molecule has 6 nitrogen and oxygen atoms in total. The maximum absolute atomic E-state index is 13.8. The van der Waals surface area contributed by atoms with Crippen LogP contribution in [0.2, 0.25) is 0 Å². The molecule has 184 valence electrons. The van der Waals surface area contributed by atoms with E-state index in [0.29, 0.717) is 25.7 Å². The summed E-state index contributed by atoms with van der Waals surface area (Å²) in [5.74, 6) is 0.552. The van der Waals surface area contributed by atoms with Gasteiger partial charge in [0.05, 0.1) is 12.2 Å². The molecule has 0 spiro atoms. The summed E-state index contributed by atoms with van der Waals surface area (Å²) < 4.78 is 0. The smallest absolute Gasteiger partial charge is 0.237 e. The monoisotopic (exact) mass is 456 g/mol. The van der Waals surface area contributed by atoms with Gasteiger partial charge in [0.15, 0.2) is 0 Å². The first-order chi connectivity index (χ1) is 15.8. The van der Waals surface area contributed by atoms with Gasteiger partial charge in [-0.25, -0.2) is 0 Å². The molecule has 1 saturated carbocycles. The number of amides is 2. The fraction of sp³-hybridized carbons (Fsp3) is 0.704. The van der Waals surface area contributed by atoms with Crippen molar-refractivity contribution in [3.8, 4) is 0 Å². The number of anilines is 1. The molecule has 6 heteroatoms. The van der Waals surface area contributed by atoms with Crippen LogP contribution >= 0.6 is 0 Å². The van der Waals surface area contributed by atoms with E-state index in [1.165, 1.54) is 6.42 Å². The van der Waals surface area contributed by atoms with Gasteiger partial charge in [0.1, 0.15) is 0 Å². The Bertz CT molecular complexity index is 801. The third kappa shape index (κ3) is 6.80. The number of carbonyl (C=O) groups excluding carboxylic acids is 2. The Morgan fingerprint density at radius 3 is 2.39 bits per heavy atom. The molecule has 0 aromatic heterocycles. The van der Waals surface area contributed by atoms with Crippen LogP contribution in [0.15, 0.2) is 18.2 Å². The lowest BCUT2D eigenvalue weighted by Crippen LogP contribution is -2.43. The van der Waals surface area contributed by atoms with Crippen LogP contribution in [-0.4, -0.2) is 79.4 Å². The first-order valence-electron chi connectivity index (χ1n) is 12.8. The van der Waals surface area contributed by atoms with E-state index in [-0.39, 0.29) is 17.7 Å². The molecule has 1 aromatic carbocycles. The molecule has 1 fully saturated rings. The molecule has 0 atom stereocenters. The predicted molar refractivity (Wildman–Crippen MR) is 135 cm³/mol. The van der Waals surface area contributed by atoms with Gasteiger partial charge in [-0.05, 0) is 65.3 Å². The van der Waals surface area contributed by atoms with Gasteiger partial charge in [-0.1, -0.05) is 37.5 Å². The van der Waals surface area contributed by atoms with Crippen LogP contribution in [0, 0.1) is 12.8 Å². The molecule has 2 aliphatic rings. The standard InChI is InChI=1S/C27H44N4O2/c1-21(2)29-15-10-16-31(27(33)23-12-7-6-8-13-23)26-22(3)11-9-14-24(26)19-30(18-17-29)25(32)20-28(4)5/h9,11,14,21,23H,6-8,10,12-13,15-20H2,1-5H3. The quantitative estimate of drug-likeness (QED) is 0.689. The van der Waals surface area contributed by atoms with Gasteiger partial charge in [-0.15, -0.1) is 0 Å². The molecule has 1 aromatic rings. The minimum absolute atomic E-state index is 0.129. The highest BCUT2D eigenvalue weighted by Gasteiger charge is 2.30. The topological polar surface area (TPSA) is 47.1 Å². The first-order valence-corrected chi connectivity index (χ1v) is 12.8. The molecule has 1 heterocycles. The number of rotatable bonds is 4. The lowest BCUT2D eigenvalue weighted by atomic mass is 9.87. The highest BCUT2D eigenvalue weighted by Crippen LogP contribution is 2.32. The second kappa shape index (κ2) is 12.0. The number of fused-ring (bicyclic) bond motifs is 1. The van der Waals surface area contributed by atoms with Crippen molar-refractivity contribution in [1.82, 2.24) is 14.7 Å². The van der Waals surface area contributed by atoms with Crippen LogP contribution in [0.1, 0.15) is 63.5 Å². The van der Waals surface area contributed by atoms with E-state index in [9.17, 15) is 9.59 Å². The Morgan fingerprint density at radius 1 is 1.00 bits per heavy atom. The SMILES string of the molecule is Cc1cccc2c1N(C(=O)C1CCCCC1)CCCN(C(C)C)CCN(C(=O)CN(C)C)C2. The summed E-state index contributed by atoms with van der Waals surface area (Å²) in [4.78, 5) is 35.4. The number of aryl methyl sites for hydroxylation is 1. The van der Waals surface area contributed by atoms with E-state index < -0.39 is 0 Å². The lowest BCUT2D eigenvalue weighted by molar-refractivity contribution is -0.132. The maximum Gasteiger partial charge on any atom is 0.237 e. The number of para-hydroxylation sites is 1. The number of benzene rings is 1. The normalized spacial score (nSPS) is 19.5. The Labute approximate surface area is 200 Å². The second-order valence-corrected chi connectivity index (χ2v) is 10.4. The highest BCUT2D eigenvalue weighted by atomic mass is 16.2. The largest absolute Gasteiger partial charge is 0.336 e. The van der Waals surface area contributed by atoms with Gasteiger partial charge in [-0.2, -0.15) is 0 Å². The van der Waals surface area contributed by atoms with E-state index in [2.05, 4.69) is 48.8 Å². The Kier molecular flexibility index (Phi) is 9.33. The zero-order valence-electron chi connectivity index (χ0n) is 21.5. The third-order valence-corrected chi connectivity index (χ3v) is 7.19. The van der Waals surface area contributed by atoms with Gasteiger partial charge >= 0.3 is 0 Å². The maximum atomic E-state index is 13.8. The van der Waals surface area contributed by atoms with Crippen LogP contribution in [-0.2, 0) is 16.1 Å². The van der Waals surface area contributed by atoms with Crippen LogP contribution < -0.4 is 4.90 Å². The van der Waals surface area contributed by atoms with Crippen molar-refractivity contribution >= 4 is 17.5 Å². The average molecular weight is 457 g/mol. The van der Waals surface area contributed by atoms with Gasteiger partial charge in [0, 0.05) is 44.7 Å². The molecular weight excluding hydrogens is 412 g/mol. The van der Waals surface area contributed by atoms with E-state index in [0.717, 1.165) is 68.6 Å². The zero-order valence-corrected chi connectivity index (χ0v) is 21.5. The number of hydrogen-bond donors (Lipinski definition) is 0. The van der Waals surface area contributed by atoms with Crippen molar-refractivity contribution in [3.63, 3.8) is 0 Å². The zero-order chi connectivity index (χ0) is 24.0. The Morgan fingerprint density at radius 2 is 1.73 bits per heavy atom. The average Bonchev–Trinajstić information content (AvgIpc) is 2.81. The van der Waals surface area contributed by atoms with Crippen molar-refractivity contribution in [2.45, 2.75) is 71.9 Å².